The van der Waals surface area contributed by atoms with Gasteiger partial charge < -0.3 is 4.98 Å². The van der Waals surface area contributed by atoms with E-state index in [0.29, 0.717) is 13.1 Å². The first-order valence-corrected chi connectivity index (χ1v) is 11.8. The maximum Gasteiger partial charge on any atom is 0.252 e. The van der Waals surface area contributed by atoms with Crippen molar-refractivity contribution in [1.82, 2.24) is 30.1 Å². The van der Waals surface area contributed by atoms with Crippen molar-refractivity contribution < 1.29 is 0 Å². The Morgan fingerprint density at radius 3 is 2.69 bits per heavy atom. The summed E-state index contributed by atoms with van der Waals surface area (Å²) in [4.78, 5) is 19.6. The highest BCUT2D eigenvalue weighted by atomic mass is 32.1. The molecule has 0 fully saturated rings. The summed E-state index contributed by atoms with van der Waals surface area (Å²) in [5.41, 5.74) is 3.72. The second kappa shape index (κ2) is 8.96. The molecule has 0 spiro atoms. The van der Waals surface area contributed by atoms with Crippen molar-refractivity contribution in [2.24, 2.45) is 0 Å². The molecule has 0 aliphatic heterocycles. The average Bonchev–Trinajstić information content (AvgIpc) is 3.44. The number of aryl methyl sites for hydroxylation is 2. The monoisotopic (exact) mass is 450 g/mol. The van der Waals surface area contributed by atoms with Crippen molar-refractivity contribution in [3.05, 3.63) is 73.5 Å². The number of H-pyrrole nitrogens is 1. The van der Waals surface area contributed by atoms with E-state index >= 15 is 0 Å². The van der Waals surface area contributed by atoms with Crippen LogP contribution in [0.25, 0.3) is 10.9 Å². The Kier molecular flexibility index (Phi) is 6.26. The first kappa shape index (κ1) is 22.4. The number of hydrogen-bond acceptors (Lipinski definition) is 6. The minimum Gasteiger partial charge on any atom is -0.321 e. The Bertz CT molecular complexity index is 1270. The molecule has 168 valence electrons. The molecule has 1 aromatic carbocycles. The maximum atomic E-state index is 13.0. The van der Waals surface area contributed by atoms with Gasteiger partial charge in [-0.1, -0.05) is 25.1 Å². The molecule has 32 heavy (non-hydrogen) atoms. The van der Waals surface area contributed by atoms with Gasteiger partial charge in [-0.05, 0) is 78.6 Å². The average molecular weight is 451 g/mol. The molecule has 8 heteroatoms. The Balaban J connectivity index is 1.68. The van der Waals surface area contributed by atoms with Crippen LogP contribution in [0.4, 0.5) is 0 Å². The summed E-state index contributed by atoms with van der Waals surface area (Å²) < 4.78 is 1.91. The molecule has 4 rings (SSSR count). The van der Waals surface area contributed by atoms with Crippen LogP contribution in [-0.2, 0) is 25.2 Å². The van der Waals surface area contributed by atoms with Crippen LogP contribution in [0.15, 0.2) is 40.5 Å². The van der Waals surface area contributed by atoms with Crippen LogP contribution >= 0.6 is 11.3 Å². The second-order valence-corrected chi connectivity index (χ2v) is 10.0. The minimum absolute atomic E-state index is 0.0455. The topological polar surface area (TPSA) is 79.7 Å². The highest BCUT2D eigenvalue weighted by Gasteiger charge is 2.25. The van der Waals surface area contributed by atoms with Crippen LogP contribution in [0, 0.1) is 13.8 Å². The number of aromatic nitrogens is 5. The highest BCUT2D eigenvalue weighted by Crippen LogP contribution is 2.23. The molecular weight excluding hydrogens is 420 g/mol. The first-order chi connectivity index (χ1) is 15.3. The third kappa shape index (κ3) is 4.52. The van der Waals surface area contributed by atoms with Gasteiger partial charge in [-0.15, -0.1) is 16.4 Å². The predicted octanol–water partition coefficient (Wildman–Crippen LogP) is 4.54. The first-order valence-electron chi connectivity index (χ1n) is 10.9. The molecule has 0 amide bonds. The molecule has 0 saturated heterocycles. The molecular formula is C24H30N6OS. The predicted molar refractivity (Wildman–Crippen MR) is 129 cm³/mol. The molecule has 0 radical (unpaired) electrons. The van der Waals surface area contributed by atoms with Gasteiger partial charge in [-0.3, -0.25) is 9.69 Å². The van der Waals surface area contributed by atoms with Crippen LogP contribution in [0.1, 0.15) is 54.6 Å². The van der Waals surface area contributed by atoms with Crippen LogP contribution in [0.3, 0.4) is 0 Å². The molecule has 7 nitrogen and oxygen atoms in total. The smallest absolute Gasteiger partial charge is 0.252 e. The number of aromatic amines is 1. The van der Waals surface area contributed by atoms with Gasteiger partial charge in [0.15, 0.2) is 5.82 Å². The van der Waals surface area contributed by atoms with E-state index in [9.17, 15) is 4.79 Å². The van der Waals surface area contributed by atoms with Gasteiger partial charge in [0.25, 0.3) is 5.56 Å². The van der Waals surface area contributed by atoms with E-state index in [0.717, 1.165) is 40.8 Å². The Morgan fingerprint density at radius 1 is 1.16 bits per heavy atom. The number of pyridine rings is 1. The van der Waals surface area contributed by atoms with E-state index in [1.54, 1.807) is 11.3 Å². The van der Waals surface area contributed by atoms with E-state index in [-0.39, 0.29) is 11.1 Å². The van der Waals surface area contributed by atoms with Crippen molar-refractivity contribution in [2.75, 3.05) is 0 Å². The van der Waals surface area contributed by atoms with Gasteiger partial charge in [0.1, 0.15) is 0 Å². The van der Waals surface area contributed by atoms with Crippen molar-refractivity contribution >= 4 is 22.2 Å². The summed E-state index contributed by atoms with van der Waals surface area (Å²) in [6.45, 7) is 12.3. The lowest BCUT2D eigenvalue weighted by atomic mass is 10.0. The number of thiophene rings is 1. The standard InChI is InChI=1S/C24H30N6OS/c1-6-24(4,5)30-21(26-27-28-30)15-29(14-20-8-7-11-32-20)13-19-12-18-10-9-16(2)17(3)22(18)25-23(19)31/h7-12H,6,13-15H2,1-5H3,(H,25,31). The molecule has 3 aromatic heterocycles. The molecule has 0 aliphatic carbocycles. The number of fused-ring (bicyclic) bond motifs is 1. The summed E-state index contributed by atoms with van der Waals surface area (Å²) in [5, 5.41) is 15.6. The number of hydrogen-bond donors (Lipinski definition) is 1. The number of tetrazole rings is 1. The van der Waals surface area contributed by atoms with Gasteiger partial charge in [-0.25, -0.2) is 4.68 Å². The van der Waals surface area contributed by atoms with Crippen molar-refractivity contribution in [3.8, 4) is 0 Å². The Morgan fingerprint density at radius 2 is 1.97 bits per heavy atom. The number of nitrogens with one attached hydrogen (secondary N) is 1. The number of nitrogens with zero attached hydrogens (tertiary/aromatic N) is 5. The van der Waals surface area contributed by atoms with Crippen molar-refractivity contribution in [1.29, 1.82) is 0 Å². The number of rotatable bonds is 8. The van der Waals surface area contributed by atoms with Crippen LogP contribution < -0.4 is 5.56 Å². The minimum atomic E-state index is -0.177. The molecule has 0 saturated carbocycles. The number of benzene rings is 1. The quantitative estimate of drug-likeness (QED) is 0.426. The fraction of sp³-hybridized carbons (Fsp3) is 0.417. The summed E-state index contributed by atoms with van der Waals surface area (Å²) in [6.07, 6.45) is 0.916. The zero-order valence-electron chi connectivity index (χ0n) is 19.3. The van der Waals surface area contributed by atoms with E-state index in [4.69, 9.17) is 0 Å². The summed E-state index contributed by atoms with van der Waals surface area (Å²) >= 11 is 1.71. The third-order valence-corrected chi connectivity index (χ3v) is 7.18. The zero-order chi connectivity index (χ0) is 22.9. The largest absolute Gasteiger partial charge is 0.321 e. The molecule has 0 aliphatic rings. The molecule has 0 unspecified atom stereocenters. The fourth-order valence-corrected chi connectivity index (χ4v) is 4.59. The fourth-order valence-electron chi connectivity index (χ4n) is 3.84. The van der Waals surface area contributed by atoms with Crippen LogP contribution in [0.5, 0.6) is 0 Å². The lowest BCUT2D eigenvalue weighted by Gasteiger charge is -2.26. The molecule has 1 N–H and O–H groups in total. The molecule has 4 aromatic rings. The summed E-state index contributed by atoms with van der Waals surface area (Å²) in [5.74, 6) is 0.803. The van der Waals surface area contributed by atoms with Crippen LogP contribution in [0.2, 0.25) is 0 Å². The normalized spacial score (nSPS) is 12.2. The molecule has 3 heterocycles. The summed E-state index contributed by atoms with van der Waals surface area (Å²) in [6, 6.07) is 10.4. The Labute approximate surface area is 192 Å². The Hall–Kier alpha value is -2.84. The van der Waals surface area contributed by atoms with E-state index in [1.165, 1.54) is 10.4 Å². The second-order valence-electron chi connectivity index (χ2n) is 8.99. The van der Waals surface area contributed by atoms with Gasteiger partial charge in [-0.2, -0.15) is 0 Å². The summed E-state index contributed by atoms with van der Waals surface area (Å²) in [7, 11) is 0. The van der Waals surface area contributed by atoms with Crippen molar-refractivity contribution in [2.45, 2.75) is 66.2 Å². The van der Waals surface area contributed by atoms with E-state index in [2.05, 4.69) is 82.7 Å². The van der Waals surface area contributed by atoms with Gasteiger partial charge in [0, 0.05) is 23.5 Å². The third-order valence-electron chi connectivity index (χ3n) is 6.32. The van der Waals surface area contributed by atoms with Gasteiger partial charge in [0.2, 0.25) is 0 Å². The van der Waals surface area contributed by atoms with Crippen LogP contribution in [-0.4, -0.2) is 30.1 Å². The highest BCUT2D eigenvalue weighted by molar-refractivity contribution is 7.09. The van der Waals surface area contributed by atoms with Gasteiger partial charge in [0.05, 0.1) is 17.6 Å². The van der Waals surface area contributed by atoms with E-state index in [1.807, 2.05) is 17.7 Å². The molecule has 0 atom stereocenters. The lowest BCUT2D eigenvalue weighted by molar-refractivity contribution is 0.218. The molecule has 0 bridgehead atoms. The maximum absolute atomic E-state index is 13.0. The SMILES string of the molecule is CCC(C)(C)n1nnnc1CN(Cc1cccs1)Cc1cc2ccc(C)c(C)c2[nH]c1=O. The van der Waals surface area contributed by atoms with Gasteiger partial charge >= 0.3 is 0 Å². The lowest BCUT2D eigenvalue weighted by Crippen LogP contribution is -2.32. The zero-order valence-corrected chi connectivity index (χ0v) is 20.2. The van der Waals surface area contributed by atoms with Crippen molar-refractivity contribution in [3.63, 3.8) is 0 Å². The van der Waals surface area contributed by atoms with E-state index < -0.39 is 0 Å².